The molecule has 1 aromatic rings. The van der Waals surface area contributed by atoms with Gasteiger partial charge in [-0.3, -0.25) is 4.79 Å². The maximum atomic E-state index is 12.2. The van der Waals surface area contributed by atoms with Crippen molar-refractivity contribution < 1.29 is 13.2 Å². The third kappa shape index (κ3) is 4.47. The predicted octanol–water partition coefficient (Wildman–Crippen LogP) is 1.37. The van der Waals surface area contributed by atoms with E-state index in [4.69, 9.17) is 5.73 Å². The van der Waals surface area contributed by atoms with Crippen LogP contribution in [0.25, 0.3) is 0 Å². The molecule has 0 aliphatic carbocycles. The van der Waals surface area contributed by atoms with Gasteiger partial charge in [-0.15, -0.1) is 12.4 Å². The lowest BCUT2D eigenvalue weighted by Gasteiger charge is -2.12. The minimum Gasteiger partial charge on any atom is -0.352 e. The van der Waals surface area contributed by atoms with Crippen LogP contribution in [0.5, 0.6) is 0 Å². The Labute approximate surface area is 126 Å². The van der Waals surface area contributed by atoms with Gasteiger partial charge in [-0.25, -0.2) is 8.42 Å². The first-order valence-corrected chi connectivity index (χ1v) is 7.77. The standard InChI is InChI=1S/C13H20N2O3S.ClH/c1-10(2)19(17,18)12-7-4-3-6-11(12)13(16)15-9-5-8-14;/h3-4,6-7,10H,5,8-9,14H2,1-2H3,(H,15,16);1H. The molecule has 0 spiro atoms. The van der Waals surface area contributed by atoms with E-state index in [0.29, 0.717) is 19.5 Å². The zero-order valence-corrected chi connectivity index (χ0v) is 13.3. The molecule has 1 aromatic carbocycles. The first-order chi connectivity index (χ1) is 8.91. The fourth-order valence-corrected chi connectivity index (χ4v) is 2.80. The van der Waals surface area contributed by atoms with Gasteiger partial charge in [0.05, 0.1) is 15.7 Å². The number of halogens is 1. The Hall–Kier alpha value is -1.11. The van der Waals surface area contributed by atoms with Crippen molar-refractivity contribution in [2.45, 2.75) is 30.4 Å². The van der Waals surface area contributed by atoms with Crippen molar-refractivity contribution in [1.82, 2.24) is 5.32 Å². The molecule has 20 heavy (non-hydrogen) atoms. The molecule has 1 rings (SSSR count). The number of nitrogens with one attached hydrogen (secondary N) is 1. The molecule has 0 saturated carbocycles. The third-order valence-corrected chi connectivity index (χ3v) is 4.94. The SMILES string of the molecule is CC(C)S(=O)(=O)c1ccccc1C(=O)NCCCN.Cl. The van der Waals surface area contributed by atoms with Crippen molar-refractivity contribution in [2.24, 2.45) is 5.73 Å². The number of benzene rings is 1. The Balaban J connectivity index is 0.00000361. The number of sulfone groups is 1. The fourth-order valence-electron chi connectivity index (χ4n) is 1.56. The van der Waals surface area contributed by atoms with E-state index in [2.05, 4.69) is 5.32 Å². The van der Waals surface area contributed by atoms with Crippen molar-refractivity contribution >= 4 is 28.2 Å². The van der Waals surface area contributed by atoms with Gasteiger partial charge in [0.2, 0.25) is 0 Å². The van der Waals surface area contributed by atoms with Gasteiger partial charge in [-0.2, -0.15) is 0 Å². The van der Waals surface area contributed by atoms with Crippen molar-refractivity contribution in [3.63, 3.8) is 0 Å². The van der Waals surface area contributed by atoms with E-state index in [1.165, 1.54) is 12.1 Å². The van der Waals surface area contributed by atoms with Crippen LogP contribution in [-0.4, -0.2) is 32.7 Å². The molecule has 0 fully saturated rings. The lowest BCUT2D eigenvalue weighted by molar-refractivity contribution is 0.0950. The molecular weight excluding hydrogens is 300 g/mol. The molecule has 0 aliphatic heterocycles. The van der Waals surface area contributed by atoms with Crippen LogP contribution in [0.1, 0.15) is 30.6 Å². The van der Waals surface area contributed by atoms with E-state index in [-0.39, 0.29) is 28.8 Å². The summed E-state index contributed by atoms with van der Waals surface area (Å²) in [5, 5.41) is 2.10. The summed E-state index contributed by atoms with van der Waals surface area (Å²) in [6.45, 7) is 4.11. The normalized spacial score (nSPS) is 11.0. The molecule has 7 heteroatoms. The minimum atomic E-state index is -3.47. The summed E-state index contributed by atoms with van der Waals surface area (Å²) in [6.07, 6.45) is 0.658. The van der Waals surface area contributed by atoms with E-state index in [9.17, 15) is 13.2 Å². The number of carbonyl (C=O) groups excluding carboxylic acids is 1. The van der Waals surface area contributed by atoms with Gasteiger partial charge in [0.15, 0.2) is 9.84 Å². The molecule has 0 aliphatic rings. The topological polar surface area (TPSA) is 89.3 Å². The predicted molar refractivity (Wildman–Crippen MR) is 82.0 cm³/mol. The Morgan fingerprint density at radius 1 is 1.30 bits per heavy atom. The van der Waals surface area contributed by atoms with Gasteiger partial charge in [-0.1, -0.05) is 12.1 Å². The zero-order valence-electron chi connectivity index (χ0n) is 11.6. The summed E-state index contributed by atoms with van der Waals surface area (Å²) >= 11 is 0. The van der Waals surface area contributed by atoms with Gasteiger partial charge >= 0.3 is 0 Å². The number of rotatable bonds is 6. The second-order valence-corrected chi connectivity index (χ2v) is 6.96. The molecule has 3 N–H and O–H groups in total. The molecule has 1 amide bonds. The molecule has 0 bridgehead atoms. The van der Waals surface area contributed by atoms with E-state index in [0.717, 1.165) is 0 Å². The van der Waals surface area contributed by atoms with Crippen LogP contribution < -0.4 is 11.1 Å². The Morgan fingerprint density at radius 2 is 1.90 bits per heavy atom. The Morgan fingerprint density at radius 3 is 2.45 bits per heavy atom. The highest BCUT2D eigenvalue weighted by atomic mass is 35.5. The average Bonchev–Trinajstić information content (AvgIpc) is 2.38. The van der Waals surface area contributed by atoms with Crippen LogP contribution >= 0.6 is 12.4 Å². The van der Waals surface area contributed by atoms with Gasteiger partial charge in [0, 0.05) is 6.54 Å². The van der Waals surface area contributed by atoms with Gasteiger partial charge in [-0.05, 0) is 38.9 Å². The van der Waals surface area contributed by atoms with E-state index in [1.807, 2.05) is 0 Å². The van der Waals surface area contributed by atoms with E-state index >= 15 is 0 Å². The van der Waals surface area contributed by atoms with Crippen LogP contribution in [0.2, 0.25) is 0 Å². The van der Waals surface area contributed by atoms with Crippen LogP contribution in [0, 0.1) is 0 Å². The lowest BCUT2D eigenvalue weighted by atomic mass is 10.2. The average molecular weight is 321 g/mol. The highest BCUT2D eigenvalue weighted by Crippen LogP contribution is 2.20. The molecule has 0 atom stereocenters. The second-order valence-electron chi connectivity index (χ2n) is 4.49. The van der Waals surface area contributed by atoms with Crippen LogP contribution in [0.3, 0.4) is 0 Å². The Kier molecular flexibility index (Phi) is 7.78. The first kappa shape index (κ1) is 18.9. The highest BCUT2D eigenvalue weighted by Gasteiger charge is 2.24. The van der Waals surface area contributed by atoms with Gasteiger partial charge in [0.1, 0.15) is 0 Å². The third-order valence-electron chi connectivity index (χ3n) is 2.73. The number of nitrogens with two attached hydrogens (primary N) is 1. The number of carbonyl (C=O) groups is 1. The summed E-state index contributed by atoms with van der Waals surface area (Å²) in [6, 6.07) is 6.25. The Bertz CT molecular complexity index is 544. The zero-order chi connectivity index (χ0) is 14.5. The van der Waals surface area contributed by atoms with Crippen LogP contribution in [0.4, 0.5) is 0 Å². The number of hydrogen-bond donors (Lipinski definition) is 2. The minimum absolute atomic E-state index is 0. The summed E-state index contributed by atoms with van der Waals surface area (Å²) in [4.78, 5) is 12.1. The molecule has 0 aromatic heterocycles. The molecule has 0 heterocycles. The van der Waals surface area contributed by atoms with Crippen molar-refractivity contribution in [1.29, 1.82) is 0 Å². The number of amides is 1. The van der Waals surface area contributed by atoms with Gasteiger partial charge in [0.25, 0.3) is 5.91 Å². The van der Waals surface area contributed by atoms with Crippen LogP contribution in [0.15, 0.2) is 29.2 Å². The quantitative estimate of drug-likeness (QED) is 0.775. The molecule has 114 valence electrons. The monoisotopic (exact) mass is 320 g/mol. The van der Waals surface area contributed by atoms with Crippen molar-refractivity contribution in [3.8, 4) is 0 Å². The largest absolute Gasteiger partial charge is 0.352 e. The number of hydrogen-bond acceptors (Lipinski definition) is 4. The summed E-state index contributed by atoms with van der Waals surface area (Å²) < 4.78 is 24.4. The maximum absolute atomic E-state index is 12.2. The molecule has 0 saturated heterocycles. The van der Waals surface area contributed by atoms with E-state index < -0.39 is 15.1 Å². The summed E-state index contributed by atoms with van der Waals surface area (Å²) in [7, 11) is -3.47. The van der Waals surface area contributed by atoms with Crippen LogP contribution in [-0.2, 0) is 9.84 Å². The smallest absolute Gasteiger partial charge is 0.252 e. The van der Waals surface area contributed by atoms with Crippen molar-refractivity contribution in [2.75, 3.05) is 13.1 Å². The molecule has 0 radical (unpaired) electrons. The highest BCUT2D eigenvalue weighted by molar-refractivity contribution is 7.92. The maximum Gasteiger partial charge on any atom is 0.252 e. The summed E-state index contributed by atoms with van der Waals surface area (Å²) in [5.41, 5.74) is 5.53. The lowest BCUT2D eigenvalue weighted by Crippen LogP contribution is -2.28. The molecular formula is C13H21ClN2O3S. The summed E-state index contributed by atoms with van der Waals surface area (Å²) in [5.74, 6) is -0.381. The van der Waals surface area contributed by atoms with Crippen molar-refractivity contribution in [3.05, 3.63) is 29.8 Å². The second kappa shape index (κ2) is 8.24. The van der Waals surface area contributed by atoms with Gasteiger partial charge < -0.3 is 11.1 Å². The molecule has 5 nitrogen and oxygen atoms in total. The molecule has 0 unspecified atom stereocenters. The first-order valence-electron chi connectivity index (χ1n) is 6.22. The fraction of sp³-hybridized carbons (Fsp3) is 0.462. The van der Waals surface area contributed by atoms with E-state index in [1.54, 1.807) is 26.0 Å².